The Balaban J connectivity index is 2.10. The van der Waals surface area contributed by atoms with E-state index in [2.05, 4.69) is 0 Å². The van der Waals surface area contributed by atoms with Crippen LogP contribution in [0, 0.1) is 0 Å². The molecule has 4 nitrogen and oxygen atoms in total. The van der Waals surface area contributed by atoms with Gasteiger partial charge in [0.15, 0.2) is 5.76 Å². The lowest BCUT2D eigenvalue weighted by molar-refractivity contribution is 0.0753. The van der Waals surface area contributed by atoms with E-state index in [1.54, 1.807) is 24.1 Å². The van der Waals surface area contributed by atoms with Crippen LogP contribution in [-0.2, 0) is 6.54 Å². The van der Waals surface area contributed by atoms with Gasteiger partial charge in [0.05, 0.1) is 6.26 Å². The molecule has 1 aromatic heterocycles. The maximum absolute atomic E-state index is 12.0. The van der Waals surface area contributed by atoms with Crippen molar-refractivity contribution in [2.75, 3.05) is 7.05 Å². The Morgan fingerprint density at radius 3 is 2.79 bits per heavy atom. The maximum atomic E-state index is 12.0. The normalized spacial score (nSPS) is 10.2. The van der Waals surface area contributed by atoms with Crippen LogP contribution in [0.4, 0.5) is 0 Å². The SMILES string of the molecule is CN(Cc1cccc(C(N)=S)c1)C(=O)c1ccco1. The number of hydrogen-bond acceptors (Lipinski definition) is 3. The van der Waals surface area contributed by atoms with Crippen molar-refractivity contribution in [1.82, 2.24) is 4.90 Å². The Bertz CT molecular complexity index is 593. The quantitative estimate of drug-likeness (QED) is 0.868. The molecule has 0 aliphatic heterocycles. The molecular weight excluding hydrogens is 260 g/mol. The van der Waals surface area contributed by atoms with Crippen molar-refractivity contribution < 1.29 is 9.21 Å². The number of thiocarbonyl (C=S) groups is 1. The molecule has 0 atom stereocenters. The third-order valence-electron chi connectivity index (χ3n) is 2.71. The van der Waals surface area contributed by atoms with Gasteiger partial charge in [0.1, 0.15) is 4.99 Å². The molecule has 2 rings (SSSR count). The van der Waals surface area contributed by atoms with Gasteiger partial charge in [-0.2, -0.15) is 0 Å². The summed E-state index contributed by atoms with van der Waals surface area (Å²) in [5, 5.41) is 0. The number of nitrogens with zero attached hydrogens (tertiary/aromatic N) is 1. The van der Waals surface area contributed by atoms with Gasteiger partial charge < -0.3 is 15.1 Å². The molecule has 0 aliphatic rings. The lowest BCUT2D eigenvalue weighted by Crippen LogP contribution is -2.26. The number of amides is 1. The van der Waals surface area contributed by atoms with Gasteiger partial charge in [0.2, 0.25) is 0 Å². The third-order valence-corrected chi connectivity index (χ3v) is 2.95. The molecule has 0 unspecified atom stereocenters. The molecule has 0 saturated carbocycles. The van der Waals surface area contributed by atoms with Crippen LogP contribution in [0.1, 0.15) is 21.7 Å². The second kappa shape index (κ2) is 5.67. The molecule has 0 aliphatic carbocycles. The molecule has 2 N–H and O–H groups in total. The molecule has 0 spiro atoms. The fourth-order valence-corrected chi connectivity index (χ4v) is 1.88. The number of nitrogens with two attached hydrogens (primary N) is 1. The first-order valence-electron chi connectivity index (χ1n) is 5.75. The predicted octanol–water partition coefficient (Wildman–Crippen LogP) is 2.19. The van der Waals surface area contributed by atoms with Crippen molar-refractivity contribution in [2.45, 2.75) is 6.54 Å². The molecule has 0 bridgehead atoms. The number of carbonyl (C=O) groups is 1. The summed E-state index contributed by atoms with van der Waals surface area (Å²) in [4.78, 5) is 13.9. The van der Waals surface area contributed by atoms with E-state index in [1.807, 2.05) is 24.3 Å². The van der Waals surface area contributed by atoms with Crippen LogP contribution in [0.25, 0.3) is 0 Å². The zero-order chi connectivity index (χ0) is 13.8. The molecule has 5 heteroatoms. The Morgan fingerprint density at radius 2 is 2.16 bits per heavy atom. The monoisotopic (exact) mass is 274 g/mol. The summed E-state index contributed by atoms with van der Waals surface area (Å²) in [6, 6.07) is 10.9. The summed E-state index contributed by atoms with van der Waals surface area (Å²) >= 11 is 4.93. The number of furan rings is 1. The zero-order valence-corrected chi connectivity index (χ0v) is 11.3. The van der Waals surface area contributed by atoms with Gasteiger partial charge >= 0.3 is 0 Å². The molecule has 0 saturated heterocycles. The molecule has 98 valence electrons. The average Bonchev–Trinajstić information content (AvgIpc) is 2.92. The van der Waals surface area contributed by atoms with Crippen LogP contribution < -0.4 is 5.73 Å². The first-order chi connectivity index (χ1) is 9.08. The maximum Gasteiger partial charge on any atom is 0.289 e. The summed E-state index contributed by atoms with van der Waals surface area (Å²) < 4.78 is 5.08. The highest BCUT2D eigenvalue weighted by Crippen LogP contribution is 2.11. The summed E-state index contributed by atoms with van der Waals surface area (Å²) in [5.41, 5.74) is 7.35. The minimum Gasteiger partial charge on any atom is -0.459 e. The van der Waals surface area contributed by atoms with Gasteiger partial charge in [-0.1, -0.05) is 30.4 Å². The molecule has 0 radical (unpaired) electrons. The lowest BCUT2D eigenvalue weighted by atomic mass is 10.1. The standard InChI is InChI=1S/C14H14N2O2S/c1-16(14(17)12-6-3-7-18-12)9-10-4-2-5-11(8-10)13(15)19/h2-8H,9H2,1H3,(H2,15,19). The van der Waals surface area contributed by atoms with Gasteiger partial charge in [0, 0.05) is 19.2 Å². The molecule has 1 amide bonds. The highest BCUT2D eigenvalue weighted by Gasteiger charge is 2.14. The molecule has 19 heavy (non-hydrogen) atoms. The number of rotatable bonds is 4. The van der Waals surface area contributed by atoms with Gasteiger partial charge in [-0.05, 0) is 23.8 Å². The van der Waals surface area contributed by atoms with E-state index in [0.29, 0.717) is 17.3 Å². The first kappa shape index (κ1) is 13.3. The van der Waals surface area contributed by atoms with Gasteiger partial charge in [-0.25, -0.2) is 0 Å². The largest absolute Gasteiger partial charge is 0.459 e. The summed E-state index contributed by atoms with van der Waals surface area (Å²) in [6.45, 7) is 0.468. The predicted molar refractivity (Wildman–Crippen MR) is 76.8 cm³/mol. The van der Waals surface area contributed by atoms with E-state index < -0.39 is 0 Å². The second-order valence-electron chi connectivity index (χ2n) is 4.20. The number of hydrogen-bond donors (Lipinski definition) is 1. The van der Waals surface area contributed by atoms with Gasteiger partial charge in [-0.3, -0.25) is 4.79 Å². The first-order valence-corrected chi connectivity index (χ1v) is 6.16. The smallest absolute Gasteiger partial charge is 0.289 e. The lowest BCUT2D eigenvalue weighted by Gasteiger charge is -2.16. The molecule has 1 heterocycles. The Labute approximate surface area is 116 Å². The third kappa shape index (κ3) is 3.20. The Hall–Kier alpha value is -2.14. The fourth-order valence-electron chi connectivity index (χ4n) is 1.76. The van der Waals surface area contributed by atoms with E-state index in [1.165, 1.54) is 6.26 Å². The van der Waals surface area contributed by atoms with Crippen molar-refractivity contribution in [3.05, 3.63) is 59.5 Å². The van der Waals surface area contributed by atoms with E-state index >= 15 is 0 Å². The fraction of sp³-hybridized carbons (Fsp3) is 0.143. The molecular formula is C14H14N2O2S. The van der Waals surface area contributed by atoms with Crippen molar-refractivity contribution in [1.29, 1.82) is 0 Å². The van der Waals surface area contributed by atoms with Crippen molar-refractivity contribution >= 4 is 23.1 Å². The van der Waals surface area contributed by atoms with Crippen molar-refractivity contribution in [3.63, 3.8) is 0 Å². The van der Waals surface area contributed by atoms with Crippen LogP contribution >= 0.6 is 12.2 Å². The zero-order valence-electron chi connectivity index (χ0n) is 10.5. The summed E-state index contributed by atoms with van der Waals surface area (Å²) in [5.74, 6) is 0.165. The van der Waals surface area contributed by atoms with Gasteiger partial charge in [0.25, 0.3) is 5.91 Å². The van der Waals surface area contributed by atoms with E-state index in [9.17, 15) is 4.79 Å². The Kier molecular flexibility index (Phi) is 3.97. The molecule has 1 aromatic carbocycles. The minimum atomic E-state index is -0.161. The number of carbonyl (C=O) groups excluding carboxylic acids is 1. The van der Waals surface area contributed by atoms with Crippen molar-refractivity contribution in [3.8, 4) is 0 Å². The highest BCUT2D eigenvalue weighted by atomic mass is 32.1. The topological polar surface area (TPSA) is 59.5 Å². The van der Waals surface area contributed by atoms with E-state index in [4.69, 9.17) is 22.4 Å². The van der Waals surface area contributed by atoms with Crippen LogP contribution in [-0.4, -0.2) is 22.8 Å². The number of benzene rings is 1. The molecule has 2 aromatic rings. The summed E-state index contributed by atoms with van der Waals surface area (Å²) in [6.07, 6.45) is 1.48. The minimum absolute atomic E-state index is 0.161. The van der Waals surface area contributed by atoms with E-state index in [0.717, 1.165) is 11.1 Å². The van der Waals surface area contributed by atoms with E-state index in [-0.39, 0.29) is 5.91 Å². The van der Waals surface area contributed by atoms with Gasteiger partial charge in [-0.15, -0.1) is 0 Å². The van der Waals surface area contributed by atoms with Crippen molar-refractivity contribution in [2.24, 2.45) is 5.73 Å². The van der Waals surface area contributed by atoms with Crippen LogP contribution in [0.2, 0.25) is 0 Å². The Morgan fingerprint density at radius 1 is 1.37 bits per heavy atom. The highest BCUT2D eigenvalue weighted by molar-refractivity contribution is 7.80. The van der Waals surface area contributed by atoms with Crippen LogP contribution in [0.5, 0.6) is 0 Å². The second-order valence-corrected chi connectivity index (χ2v) is 4.64. The molecule has 0 fully saturated rings. The van der Waals surface area contributed by atoms with Crippen LogP contribution in [0.3, 0.4) is 0 Å². The average molecular weight is 274 g/mol. The van der Waals surface area contributed by atoms with Crippen LogP contribution in [0.15, 0.2) is 47.1 Å². The summed E-state index contributed by atoms with van der Waals surface area (Å²) in [7, 11) is 1.72.